The standard InChI is InChI=1S/C25H28N2O5/c1-18(22-13-8-14-26(22)24(29)31-16-20-11-6-3-7-12-20)23(28)27-21(17-32-25(27)30)15-19-9-4-2-5-10-19/h2-7,9-12,18,21-22H,8,13-17H2,1H3/t18-,21+,22-/m0/s1. The van der Waals surface area contributed by atoms with Crippen LogP contribution >= 0.6 is 0 Å². The summed E-state index contributed by atoms with van der Waals surface area (Å²) in [7, 11) is 0. The third-order valence-corrected chi connectivity index (χ3v) is 6.22. The highest BCUT2D eigenvalue weighted by Gasteiger charge is 2.44. The van der Waals surface area contributed by atoms with Crippen LogP contribution in [0.3, 0.4) is 0 Å². The summed E-state index contributed by atoms with van der Waals surface area (Å²) >= 11 is 0. The normalized spacial score (nSPS) is 21.3. The molecule has 4 rings (SSSR count). The predicted molar refractivity (Wildman–Crippen MR) is 118 cm³/mol. The molecule has 0 unspecified atom stereocenters. The number of carbonyl (C=O) groups is 3. The maximum atomic E-state index is 13.3. The second kappa shape index (κ2) is 9.85. The lowest BCUT2D eigenvalue weighted by Gasteiger charge is -2.31. The summed E-state index contributed by atoms with van der Waals surface area (Å²) in [4.78, 5) is 41.3. The van der Waals surface area contributed by atoms with Crippen molar-refractivity contribution in [3.05, 3.63) is 71.8 Å². The molecule has 2 aromatic rings. The summed E-state index contributed by atoms with van der Waals surface area (Å²) in [6.07, 6.45) is 0.985. The quantitative estimate of drug-likeness (QED) is 0.684. The van der Waals surface area contributed by atoms with Gasteiger partial charge in [-0.1, -0.05) is 67.6 Å². The molecule has 7 nitrogen and oxygen atoms in total. The fourth-order valence-corrected chi connectivity index (χ4v) is 4.49. The molecule has 2 fully saturated rings. The zero-order valence-electron chi connectivity index (χ0n) is 18.2. The Morgan fingerprint density at radius 3 is 2.41 bits per heavy atom. The summed E-state index contributed by atoms with van der Waals surface area (Å²) in [6.45, 7) is 2.68. The summed E-state index contributed by atoms with van der Waals surface area (Å²) < 4.78 is 10.7. The van der Waals surface area contributed by atoms with E-state index in [9.17, 15) is 14.4 Å². The van der Waals surface area contributed by atoms with Crippen molar-refractivity contribution in [3.63, 3.8) is 0 Å². The molecule has 0 N–H and O–H groups in total. The van der Waals surface area contributed by atoms with Gasteiger partial charge >= 0.3 is 12.2 Å². The van der Waals surface area contributed by atoms with Gasteiger partial charge in [-0.3, -0.25) is 4.79 Å². The average Bonchev–Trinajstić information content (AvgIpc) is 3.45. The summed E-state index contributed by atoms with van der Waals surface area (Å²) in [6, 6.07) is 18.5. The zero-order valence-corrected chi connectivity index (χ0v) is 18.2. The SMILES string of the molecule is C[C@H](C(=O)N1C(=O)OC[C@H]1Cc1ccccc1)[C@@H]1CCCN1C(=O)OCc1ccccc1. The Hall–Kier alpha value is -3.35. The number of hydrogen-bond acceptors (Lipinski definition) is 5. The van der Waals surface area contributed by atoms with Crippen LogP contribution in [0.5, 0.6) is 0 Å². The van der Waals surface area contributed by atoms with E-state index in [2.05, 4.69) is 0 Å². The molecule has 2 aliphatic rings. The number of carbonyl (C=O) groups excluding carboxylic acids is 3. The molecule has 2 aliphatic heterocycles. The van der Waals surface area contributed by atoms with Gasteiger partial charge in [-0.15, -0.1) is 0 Å². The minimum atomic E-state index is -0.612. The number of cyclic esters (lactones) is 1. The van der Waals surface area contributed by atoms with E-state index in [1.165, 1.54) is 4.90 Å². The van der Waals surface area contributed by atoms with E-state index in [1.807, 2.05) is 60.7 Å². The molecular formula is C25H28N2O5. The van der Waals surface area contributed by atoms with Gasteiger partial charge in [-0.2, -0.15) is 0 Å². The first-order valence-electron chi connectivity index (χ1n) is 11.1. The maximum absolute atomic E-state index is 13.3. The van der Waals surface area contributed by atoms with Crippen LogP contribution in [0.25, 0.3) is 0 Å². The molecule has 7 heteroatoms. The molecule has 0 radical (unpaired) electrons. The largest absolute Gasteiger partial charge is 0.447 e. The number of likely N-dealkylation sites (tertiary alicyclic amines) is 1. The van der Waals surface area contributed by atoms with Crippen LogP contribution in [-0.4, -0.2) is 53.1 Å². The zero-order chi connectivity index (χ0) is 22.5. The van der Waals surface area contributed by atoms with Gasteiger partial charge in [0.25, 0.3) is 0 Å². The average molecular weight is 437 g/mol. The Labute approximate surface area is 187 Å². The van der Waals surface area contributed by atoms with Crippen LogP contribution in [0.4, 0.5) is 9.59 Å². The molecule has 2 saturated heterocycles. The Bertz CT molecular complexity index is 949. The molecular weight excluding hydrogens is 408 g/mol. The molecule has 32 heavy (non-hydrogen) atoms. The second-order valence-electron chi connectivity index (χ2n) is 8.36. The summed E-state index contributed by atoms with van der Waals surface area (Å²) in [5, 5.41) is 0. The van der Waals surface area contributed by atoms with Crippen molar-refractivity contribution >= 4 is 18.1 Å². The van der Waals surface area contributed by atoms with Crippen molar-refractivity contribution in [1.29, 1.82) is 0 Å². The topological polar surface area (TPSA) is 76.2 Å². The highest BCUT2D eigenvalue weighted by atomic mass is 16.6. The summed E-state index contributed by atoms with van der Waals surface area (Å²) in [5.41, 5.74) is 1.94. The number of rotatable bonds is 6. The molecule has 0 aromatic heterocycles. The maximum Gasteiger partial charge on any atom is 0.416 e. The van der Waals surface area contributed by atoms with Crippen molar-refractivity contribution in [2.24, 2.45) is 5.92 Å². The van der Waals surface area contributed by atoms with Crippen molar-refractivity contribution in [2.75, 3.05) is 13.2 Å². The lowest BCUT2D eigenvalue weighted by atomic mass is 9.96. The van der Waals surface area contributed by atoms with Gasteiger partial charge in [0.1, 0.15) is 13.2 Å². The van der Waals surface area contributed by atoms with E-state index >= 15 is 0 Å². The highest BCUT2D eigenvalue weighted by molar-refractivity contribution is 5.95. The summed E-state index contributed by atoms with van der Waals surface area (Å²) in [5.74, 6) is -0.841. The number of ether oxygens (including phenoxy) is 2. The highest BCUT2D eigenvalue weighted by Crippen LogP contribution is 2.29. The molecule has 0 spiro atoms. The van der Waals surface area contributed by atoms with E-state index in [4.69, 9.17) is 9.47 Å². The monoisotopic (exact) mass is 436 g/mol. The lowest BCUT2D eigenvalue weighted by Crippen LogP contribution is -2.49. The Morgan fingerprint density at radius 2 is 1.72 bits per heavy atom. The number of hydrogen-bond donors (Lipinski definition) is 0. The molecule has 0 saturated carbocycles. The molecule has 0 bridgehead atoms. The van der Waals surface area contributed by atoms with Gasteiger partial charge in [0.2, 0.25) is 5.91 Å². The molecule has 2 aromatic carbocycles. The fraction of sp³-hybridized carbons (Fsp3) is 0.400. The van der Waals surface area contributed by atoms with Gasteiger partial charge in [-0.05, 0) is 30.4 Å². The molecule has 168 valence electrons. The van der Waals surface area contributed by atoms with Crippen LogP contribution in [0.2, 0.25) is 0 Å². The van der Waals surface area contributed by atoms with Gasteiger partial charge < -0.3 is 14.4 Å². The van der Waals surface area contributed by atoms with E-state index in [0.29, 0.717) is 19.4 Å². The Morgan fingerprint density at radius 1 is 1.06 bits per heavy atom. The minimum Gasteiger partial charge on any atom is -0.447 e. The van der Waals surface area contributed by atoms with E-state index in [0.717, 1.165) is 17.5 Å². The third-order valence-electron chi connectivity index (χ3n) is 6.22. The fourth-order valence-electron chi connectivity index (χ4n) is 4.49. The predicted octanol–water partition coefficient (Wildman–Crippen LogP) is 4.01. The first-order valence-corrected chi connectivity index (χ1v) is 11.1. The van der Waals surface area contributed by atoms with Crippen molar-refractivity contribution in [2.45, 2.75) is 44.9 Å². The molecule has 2 heterocycles. The van der Waals surface area contributed by atoms with Gasteiger partial charge in [-0.25, -0.2) is 14.5 Å². The number of imide groups is 1. The van der Waals surface area contributed by atoms with Gasteiger partial charge in [0.05, 0.1) is 12.0 Å². The first-order chi connectivity index (χ1) is 15.5. The molecule has 3 atom stereocenters. The van der Waals surface area contributed by atoms with Gasteiger partial charge in [0, 0.05) is 12.6 Å². The Balaban J connectivity index is 1.41. The van der Waals surface area contributed by atoms with Crippen LogP contribution in [0.1, 0.15) is 30.9 Å². The number of amides is 3. The Kier molecular flexibility index (Phi) is 6.73. The van der Waals surface area contributed by atoms with Crippen molar-refractivity contribution in [1.82, 2.24) is 9.80 Å². The first kappa shape index (κ1) is 21.9. The van der Waals surface area contributed by atoms with Crippen LogP contribution in [-0.2, 0) is 27.3 Å². The van der Waals surface area contributed by atoms with E-state index in [-0.39, 0.29) is 31.2 Å². The number of nitrogens with zero attached hydrogens (tertiary/aromatic N) is 2. The second-order valence-corrected chi connectivity index (χ2v) is 8.36. The van der Waals surface area contributed by atoms with Crippen LogP contribution in [0.15, 0.2) is 60.7 Å². The van der Waals surface area contributed by atoms with Crippen molar-refractivity contribution < 1.29 is 23.9 Å². The van der Waals surface area contributed by atoms with Crippen molar-refractivity contribution in [3.8, 4) is 0 Å². The smallest absolute Gasteiger partial charge is 0.416 e. The van der Waals surface area contributed by atoms with Crippen LogP contribution < -0.4 is 0 Å². The molecule has 3 amide bonds. The minimum absolute atomic E-state index is 0.180. The van der Waals surface area contributed by atoms with Crippen LogP contribution in [0, 0.1) is 5.92 Å². The van der Waals surface area contributed by atoms with Gasteiger partial charge in [0.15, 0.2) is 0 Å². The third kappa shape index (κ3) is 4.77. The number of benzene rings is 2. The van der Waals surface area contributed by atoms with E-state index in [1.54, 1.807) is 11.8 Å². The molecule has 0 aliphatic carbocycles. The van der Waals surface area contributed by atoms with E-state index < -0.39 is 18.1 Å². The lowest BCUT2D eigenvalue weighted by molar-refractivity contribution is -0.134.